The standard InChI is InChI=1S/C24H33NO3/c26-23(17-6-2-1-3-7-17)28-16-27-19-10-9-18-14-22-20-8-4-5-11-24(20,12-13-25-22)21(18)15-19/h9-10,15,17,20,22,25H,1-8,11-14,16H2/t20-,22+,24+/m1/s1. The molecule has 0 radical (unpaired) electrons. The predicted molar refractivity (Wildman–Crippen MR) is 108 cm³/mol. The third-order valence-electron chi connectivity index (χ3n) is 7.98. The Labute approximate surface area is 168 Å². The number of carbonyl (C=O) groups is 1. The molecule has 4 heteroatoms. The second-order valence-corrected chi connectivity index (χ2v) is 9.40. The first-order valence-corrected chi connectivity index (χ1v) is 11.4. The summed E-state index contributed by atoms with van der Waals surface area (Å²) in [5.74, 6) is 1.62. The van der Waals surface area contributed by atoms with Crippen LogP contribution < -0.4 is 10.1 Å². The molecule has 28 heavy (non-hydrogen) atoms. The second kappa shape index (κ2) is 7.70. The summed E-state index contributed by atoms with van der Waals surface area (Å²) in [7, 11) is 0. The van der Waals surface area contributed by atoms with Crippen LogP contribution in [0.5, 0.6) is 5.75 Å². The fourth-order valence-corrected chi connectivity index (χ4v) is 6.60. The van der Waals surface area contributed by atoms with Crippen molar-refractivity contribution in [2.24, 2.45) is 11.8 Å². The Morgan fingerprint density at radius 1 is 1.07 bits per heavy atom. The van der Waals surface area contributed by atoms with Crippen molar-refractivity contribution in [3.05, 3.63) is 29.3 Å². The van der Waals surface area contributed by atoms with E-state index in [4.69, 9.17) is 9.47 Å². The molecule has 2 saturated carbocycles. The minimum atomic E-state index is -0.0789. The number of esters is 1. The van der Waals surface area contributed by atoms with Gasteiger partial charge >= 0.3 is 5.97 Å². The Morgan fingerprint density at radius 3 is 2.82 bits per heavy atom. The van der Waals surface area contributed by atoms with Crippen molar-refractivity contribution < 1.29 is 14.3 Å². The number of ether oxygens (including phenoxy) is 2. The van der Waals surface area contributed by atoms with E-state index in [1.807, 2.05) is 0 Å². The highest BCUT2D eigenvalue weighted by Crippen LogP contribution is 2.54. The van der Waals surface area contributed by atoms with Gasteiger partial charge in [0.15, 0.2) is 0 Å². The van der Waals surface area contributed by atoms with Gasteiger partial charge in [0.2, 0.25) is 6.79 Å². The van der Waals surface area contributed by atoms with Crippen molar-refractivity contribution in [3.8, 4) is 5.75 Å². The maximum Gasteiger partial charge on any atom is 0.311 e. The van der Waals surface area contributed by atoms with Crippen LogP contribution in [0, 0.1) is 11.8 Å². The van der Waals surface area contributed by atoms with Crippen LogP contribution in [0.15, 0.2) is 18.2 Å². The number of fused-ring (bicyclic) bond motifs is 1. The van der Waals surface area contributed by atoms with Gasteiger partial charge in [-0.1, -0.05) is 38.2 Å². The highest BCUT2D eigenvalue weighted by atomic mass is 16.7. The molecule has 5 rings (SSSR count). The smallest absolute Gasteiger partial charge is 0.311 e. The van der Waals surface area contributed by atoms with Crippen LogP contribution >= 0.6 is 0 Å². The molecule has 3 fully saturated rings. The van der Waals surface area contributed by atoms with Crippen molar-refractivity contribution in [3.63, 3.8) is 0 Å². The monoisotopic (exact) mass is 383 g/mol. The fourth-order valence-electron chi connectivity index (χ4n) is 6.60. The molecule has 2 bridgehead atoms. The average Bonchev–Trinajstić information content (AvgIpc) is 2.74. The van der Waals surface area contributed by atoms with Crippen molar-refractivity contribution in [1.82, 2.24) is 5.32 Å². The lowest BCUT2D eigenvalue weighted by atomic mass is 9.53. The first-order chi connectivity index (χ1) is 13.8. The molecule has 1 aromatic carbocycles. The number of nitrogens with one attached hydrogen (secondary N) is 1. The number of hydrogen-bond acceptors (Lipinski definition) is 4. The van der Waals surface area contributed by atoms with E-state index in [0.29, 0.717) is 11.5 Å². The van der Waals surface area contributed by atoms with Gasteiger partial charge in [-0.3, -0.25) is 4.79 Å². The lowest BCUT2D eigenvalue weighted by Gasteiger charge is -2.56. The van der Waals surface area contributed by atoms with E-state index in [9.17, 15) is 4.79 Å². The maximum atomic E-state index is 12.2. The van der Waals surface area contributed by atoms with Crippen molar-refractivity contribution >= 4 is 5.97 Å². The summed E-state index contributed by atoms with van der Waals surface area (Å²) in [6.07, 6.45) is 13.2. The normalized spacial score (nSPS) is 32.1. The summed E-state index contributed by atoms with van der Waals surface area (Å²) >= 11 is 0. The zero-order valence-corrected chi connectivity index (χ0v) is 16.9. The fraction of sp³-hybridized carbons (Fsp3) is 0.708. The SMILES string of the molecule is O=C(OCOc1ccc2c(c1)[C@]13CCCC[C@@H]1[C@H](C2)NCC3)C1CCCCC1. The van der Waals surface area contributed by atoms with Crippen LogP contribution in [0.3, 0.4) is 0 Å². The van der Waals surface area contributed by atoms with Gasteiger partial charge in [-0.25, -0.2) is 0 Å². The van der Waals surface area contributed by atoms with Gasteiger partial charge in [-0.2, -0.15) is 0 Å². The molecule has 4 aliphatic rings. The van der Waals surface area contributed by atoms with Gasteiger partial charge in [0.1, 0.15) is 5.75 Å². The molecule has 1 aliphatic heterocycles. The topological polar surface area (TPSA) is 47.6 Å². The van der Waals surface area contributed by atoms with E-state index >= 15 is 0 Å². The van der Waals surface area contributed by atoms with Crippen molar-refractivity contribution in [2.75, 3.05) is 13.3 Å². The summed E-state index contributed by atoms with van der Waals surface area (Å²) < 4.78 is 11.3. The van der Waals surface area contributed by atoms with Crippen molar-refractivity contribution in [2.45, 2.75) is 82.1 Å². The highest BCUT2D eigenvalue weighted by molar-refractivity contribution is 5.72. The molecule has 4 nitrogen and oxygen atoms in total. The molecule has 3 atom stereocenters. The van der Waals surface area contributed by atoms with Crippen LogP contribution in [0.4, 0.5) is 0 Å². The van der Waals surface area contributed by atoms with Crippen LogP contribution in [-0.2, 0) is 21.4 Å². The third-order valence-corrected chi connectivity index (χ3v) is 7.98. The Hall–Kier alpha value is -1.55. The third kappa shape index (κ3) is 3.24. The molecule has 1 saturated heterocycles. The molecular weight excluding hydrogens is 350 g/mol. The van der Waals surface area contributed by atoms with Crippen molar-refractivity contribution in [1.29, 1.82) is 0 Å². The molecule has 0 spiro atoms. The van der Waals surface area contributed by atoms with E-state index in [0.717, 1.165) is 50.3 Å². The number of benzene rings is 1. The number of rotatable bonds is 4. The first kappa shape index (κ1) is 18.5. The number of carbonyl (C=O) groups excluding carboxylic acids is 1. The minimum absolute atomic E-state index is 0.0364. The predicted octanol–water partition coefficient (Wildman–Crippen LogP) is 4.49. The Balaban J connectivity index is 1.28. The van der Waals surface area contributed by atoms with E-state index in [1.54, 1.807) is 0 Å². The summed E-state index contributed by atoms with van der Waals surface area (Å²) in [6, 6.07) is 7.22. The summed E-state index contributed by atoms with van der Waals surface area (Å²) in [5, 5.41) is 3.79. The molecule has 1 N–H and O–H groups in total. The molecule has 1 aromatic rings. The molecule has 0 aromatic heterocycles. The first-order valence-electron chi connectivity index (χ1n) is 11.4. The zero-order valence-electron chi connectivity index (χ0n) is 16.9. The lowest BCUT2D eigenvalue weighted by molar-refractivity contribution is -0.156. The Bertz CT molecular complexity index is 723. The maximum absolute atomic E-state index is 12.2. The summed E-state index contributed by atoms with van der Waals surface area (Å²) in [5.41, 5.74) is 3.34. The second-order valence-electron chi connectivity index (χ2n) is 9.40. The van der Waals surface area contributed by atoms with Gasteiger partial charge in [-0.05, 0) is 74.2 Å². The summed E-state index contributed by atoms with van der Waals surface area (Å²) in [6.45, 7) is 1.17. The molecule has 1 heterocycles. The van der Waals surface area contributed by atoms with Crippen LogP contribution in [0.2, 0.25) is 0 Å². The molecule has 152 valence electrons. The van der Waals surface area contributed by atoms with Crippen LogP contribution in [-0.4, -0.2) is 25.3 Å². The number of piperidine rings is 1. The number of hydrogen-bond donors (Lipinski definition) is 1. The quantitative estimate of drug-likeness (QED) is 0.615. The van der Waals surface area contributed by atoms with Gasteiger partial charge in [-0.15, -0.1) is 0 Å². The molecule has 0 amide bonds. The minimum Gasteiger partial charge on any atom is -0.457 e. The van der Waals surface area contributed by atoms with Gasteiger partial charge < -0.3 is 14.8 Å². The van der Waals surface area contributed by atoms with E-state index < -0.39 is 0 Å². The van der Waals surface area contributed by atoms with Gasteiger partial charge in [0, 0.05) is 11.5 Å². The summed E-state index contributed by atoms with van der Waals surface area (Å²) in [4.78, 5) is 12.2. The van der Waals surface area contributed by atoms with Crippen LogP contribution in [0.25, 0.3) is 0 Å². The van der Waals surface area contributed by atoms with E-state index in [1.165, 1.54) is 49.7 Å². The van der Waals surface area contributed by atoms with E-state index in [-0.39, 0.29) is 18.7 Å². The highest BCUT2D eigenvalue weighted by Gasteiger charge is 2.51. The average molecular weight is 384 g/mol. The zero-order chi connectivity index (χ0) is 19.0. The van der Waals surface area contributed by atoms with E-state index in [2.05, 4.69) is 23.5 Å². The Kier molecular flexibility index (Phi) is 5.08. The molecular formula is C24H33NO3. The lowest BCUT2D eigenvalue weighted by Crippen LogP contribution is -2.59. The Morgan fingerprint density at radius 2 is 1.93 bits per heavy atom. The molecule has 3 aliphatic carbocycles. The largest absolute Gasteiger partial charge is 0.457 e. The van der Waals surface area contributed by atoms with Crippen LogP contribution in [0.1, 0.15) is 75.3 Å². The van der Waals surface area contributed by atoms with Gasteiger partial charge in [0.05, 0.1) is 5.92 Å². The molecule has 0 unspecified atom stereocenters. The van der Waals surface area contributed by atoms with Gasteiger partial charge in [0.25, 0.3) is 0 Å².